The van der Waals surface area contributed by atoms with Gasteiger partial charge in [0.25, 0.3) is 5.91 Å². The lowest BCUT2D eigenvalue weighted by molar-refractivity contribution is 0.0984. The Hall–Kier alpha value is -3.01. The van der Waals surface area contributed by atoms with Crippen LogP contribution in [0.4, 0.5) is 5.13 Å². The average Bonchev–Trinajstić information content (AvgIpc) is 3.30. The molecule has 34 heavy (non-hydrogen) atoms. The summed E-state index contributed by atoms with van der Waals surface area (Å²) in [7, 11) is 3.24. The summed E-state index contributed by atoms with van der Waals surface area (Å²) in [4.78, 5) is 31.2. The number of thiazole rings is 1. The topological polar surface area (TPSA) is 80.7 Å². The Kier molecular flexibility index (Phi) is 8.60. The number of carbonyl (C=O) groups is 1. The fourth-order valence-electron chi connectivity index (χ4n) is 3.71. The molecule has 4 aromatic rings. The number of rotatable bonds is 9. The van der Waals surface area contributed by atoms with Crippen LogP contribution in [0.5, 0.6) is 11.5 Å². The molecule has 4 rings (SSSR count). The summed E-state index contributed by atoms with van der Waals surface area (Å²) < 4.78 is 11.9. The summed E-state index contributed by atoms with van der Waals surface area (Å²) in [6.07, 6.45) is 3.27. The van der Waals surface area contributed by atoms with E-state index in [1.54, 1.807) is 43.6 Å². The van der Waals surface area contributed by atoms with Crippen LogP contribution in [-0.2, 0) is 0 Å². The van der Waals surface area contributed by atoms with Crippen molar-refractivity contribution < 1.29 is 14.3 Å². The number of hydrogen-bond acceptors (Lipinski definition) is 8. The monoisotopic (exact) mass is 501 g/mol. The second-order valence-corrected chi connectivity index (χ2v) is 8.37. The van der Waals surface area contributed by atoms with Crippen molar-refractivity contribution in [1.82, 2.24) is 19.9 Å². The van der Waals surface area contributed by atoms with E-state index in [1.807, 2.05) is 18.2 Å². The first-order valence-corrected chi connectivity index (χ1v) is 11.7. The maximum Gasteiger partial charge on any atom is 0.260 e. The van der Waals surface area contributed by atoms with Crippen molar-refractivity contribution in [2.45, 2.75) is 13.8 Å². The molecule has 0 radical (unpaired) electrons. The SMILES string of the molecule is CCN(CC)CCN(C(=O)c1ccc2nccnc2c1)c1nc2c(OC)ccc(OC)c2s1.Cl. The van der Waals surface area contributed by atoms with Crippen molar-refractivity contribution in [2.75, 3.05) is 45.3 Å². The van der Waals surface area contributed by atoms with E-state index in [-0.39, 0.29) is 18.3 Å². The van der Waals surface area contributed by atoms with Crippen LogP contribution in [-0.4, -0.2) is 66.2 Å². The molecule has 10 heteroatoms. The predicted molar refractivity (Wildman–Crippen MR) is 139 cm³/mol. The number of anilines is 1. The summed E-state index contributed by atoms with van der Waals surface area (Å²) in [5.74, 6) is 1.21. The summed E-state index contributed by atoms with van der Waals surface area (Å²) >= 11 is 1.42. The first kappa shape index (κ1) is 25.6. The van der Waals surface area contributed by atoms with E-state index in [1.165, 1.54) is 11.3 Å². The van der Waals surface area contributed by atoms with Crippen LogP contribution in [0.25, 0.3) is 21.3 Å². The standard InChI is InChI=1S/C24H27N5O3S.ClH/c1-5-28(6-2)13-14-29(23(30)16-7-8-17-18(15-16)26-12-11-25-17)24-27-21-19(31-3)9-10-20(32-4)22(21)33-24;/h7-12,15H,5-6,13-14H2,1-4H3;1H. The second-order valence-electron chi connectivity index (χ2n) is 7.39. The molecule has 0 saturated carbocycles. The lowest BCUT2D eigenvalue weighted by atomic mass is 10.1. The number of hydrogen-bond donors (Lipinski definition) is 0. The number of amides is 1. The van der Waals surface area contributed by atoms with Gasteiger partial charge in [-0.15, -0.1) is 12.4 Å². The van der Waals surface area contributed by atoms with E-state index in [9.17, 15) is 4.79 Å². The molecule has 2 aromatic heterocycles. The Morgan fingerprint density at radius 3 is 2.29 bits per heavy atom. The van der Waals surface area contributed by atoms with Gasteiger partial charge in [-0.25, -0.2) is 4.98 Å². The molecular weight excluding hydrogens is 474 g/mol. The zero-order chi connectivity index (χ0) is 23.4. The highest BCUT2D eigenvalue weighted by molar-refractivity contribution is 7.22. The lowest BCUT2D eigenvalue weighted by Crippen LogP contribution is -2.38. The summed E-state index contributed by atoms with van der Waals surface area (Å²) in [5, 5.41) is 0.601. The van der Waals surface area contributed by atoms with E-state index in [0.717, 1.165) is 29.9 Å². The molecule has 0 aliphatic rings. The molecule has 2 heterocycles. The van der Waals surface area contributed by atoms with Crippen molar-refractivity contribution >= 4 is 56.0 Å². The Morgan fingerprint density at radius 2 is 1.62 bits per heavy atom. The van der Waals surface area contributed by atoms with Gasteiger partial charge in [0.1, 0.15) is 21.7 Å². The molecule has 180 valence electrons. The van der Waals surface area contributed by atoms with E-state index in [0.29, 0.717) is 39.8 Å². The van der Waals surface area contributed by atoms with E-state index in [2.05, 4.69) is 28.7 Å². The van der Waals surface area contributed by atoms with Gasteiger partial charge in [0.15, 0.2) is 5.13 Å². The number of methoxy groups -OCH3 is 2. The van der Waals surface area contributed by atoms with Crippen LogP contribution in [0.15, 0.2) is 42.7 Å². The molecule has 1 amide bonds. The Labute approximate surface area is 208 Å². The van der Waals surface area contributed by atoms with Crippen LogP contribution in [0.2, 0.25) is 0 Å². The molecule has 0 saturated heterocycles. The van der Waals surface area contributed by atoms with Crippen LogP contribution in [0.1, 0.15) is 24.2 Å². The molecule has 0 spiro atoms. The van der Waals surface area contributed by atoms with Crippen molar-refractivity contribution in [3.8, 4) is 11.5 Å². The Morgan fingerprint density at radius 1 is 0.941 bits per heavy atom. The molecule has 0 N–H and O–H groups in total. The predicted octanol–water partition coefficient (Wildman–Crippen LogP) is 4.67. The second kappa shape index (κ2) is 11.4. The number of halogens is 1. The number of benzene rings is 2. The molecule has 0 fully saturated rings. The number of ether oxygens (including phenoxy) is 2. The number of aromatic nitrogens is 3. The van der Waals surface area contributed by atoms with Gasteiger partial charge < -0.3 is 14.4 Å². The van der Waals surface area contributed by atoms with Crippen LogP contribution in [0.3, 0.4) is 0 Å². The highest BCUT2D eigenvalue weighted by atomic mass is 35.5. The number of likely N-dealkylation sites (N-methyl/N-ethyl adjacent to an activating group) is 1. The maximum absolute atomic E-state index is 13.7. The molecule has 0 bridgehead atoms. The third-order valence-corrected chi connectivity index (χ3v) is 6.72. The highest BCUT2D eigenvalue weighted by Gasteiger charge is 2.24. The first-order valence-electron chi connectivity index (χ1n) is 10.9. The van der Waals surface area contributed by atoms with Crippen LogP contribution in [0, 0.1) is 0 Å². The Bertz CT molecular complexity index is 1240. The van der Waals surface area contributed by atoms with Gasteiger partial charge in [-0.3, -0.25) is 19.7 Å². The molecule has 8 nitrogen and oxygen atoms in total. The third kappa shape index (κ3) is 5.06. The molecular formula is C24H28ClN5O3S. The summed E-state index contributed by atoms with van der Waals surface area (Å²) in [5.41, 5.74) is 2.65. The molecule has 2 aromatic carbocycles. The van der Waals surface area contributed by atoms with Gasteiger partial charge >= 0.3 is 0 Å². The number of carbonyl (C=O) groups excluding carboxylic acids is 1. The van der Waals surface area contributed by atoms with E-state index >= 15 is 0 Å². The zero-order valence-electron chi connectivity index (χ0n) is 19.6. The number of fused-ring (bicyclic) bond motifs is 2. The third-order valence-electron chi connectivity index (χ3n) is 5.63. The largest absolute Gasteiger partial charge is 0.495 e. The van der Waals surface area contributed by atoms with Crippen LogP contribution >= 0.6 is 23.7 Å². The highest BCUT2D eigenvalue weighted by Crippen LogP contribution is 2.40. The smallest absolute Gasteiger partial charge is 0.260 e. The fraction of sp³-hybridized carbons (Fsp3) is 0.333. The van der Waals surface area contributed by atoms with Crippen molar-refractivity contribution in [3.63, 3.8) is 0 Å². The molecule has 0 aliphatic heterocycles. The van der Waals surface area contributed by atoms with E-state index < -0.39 is 0 Å². The van der Waals surface area contributed by atoms with Gasteiger partial charge in [0.05, 0.1) is 25.3 Å². The maximum atomic E-state index is 13.7. The van der Waals surface area contributed by atoms with Crippen LogP contribution < -0.4 is 14.4 Å². The van der Waals surface area contributed by atoms with Gasteiger partial charge in [-0.2, -0.15) is 0 Å². The minimum Gasteiger partial charge on any atom is -0.495 e. The van der Waals surface area contributed by atoms with Gasteiger partial charge in [-0.1, -0.05) is 25.2 Å². The van der Waals surface area contributed by atoms with Gasteiger partial charge in [-0.05, 0) is 43.4 Å². The summed E-state index contributed by atoms with van der Waals surface area (Å²) in [6, 6.07) is 9.08. The molecule has 0 unspecified atom stereocenters. The first-order chi connectivity index (χ1) is 16.1. The van der Waals surface area contributed by atoms with Crippen molar-refractivity contribution in [1.29, 1.82) is 0 Å². The molecule has 0 atom stereocenters. The molecule has 0 aliphatic carbocycles. The zero-order valence-corrected chi connectivity index (χ0v) is 21.3. The van der Waals surface area contributed by atoms with Gasteiger partial charge in [0, 0.05) is 31.0 Å². The lowest BCUT2D eigenvalue weighted by Gasteiger charge is -2.24. The summed E-state index contributed by atoms with van der Waals surface area (Å²) in [6.45, 7) is 7.28. The minimum atomic E-state index is -0.133. The average molecular weight is 502 g/mol. The Balaban J connectivity index is 0.00000324. The van der Waals surface area contributed by atoms with Crippen molar-refractivity contribution in [3.05, 3.63) is 48.3 Å². The van der Waals surface area contributed by atoms with Gasteiger partial charge in [0.2, 0.25) is 0 Å². The number of nitrogens with zero attached hydrogens (tertiary/aromatic N) is 5. The van der Waals surface area contributed by atoms with Crippen molar-refractivity contribution in [2.24, 2.45) is 0 Å². The normalized spacial score (nSPS) is 11.0. The fourth-order valence-corrected chi connectivity index (χ4v) is 4.81. The minimum absolute atomic E-state index is 0. The van der Waals surface area contributed by atoms with E-state index in [4.69, 9.17) is 14.5 Å². The quantitative estimate of drug-likeness (QED) is 0.329.